The highest BCUT2D eigenvalue weighted by Crippen LogP contribution is 2.38. The summed E-state index contributed by atoms with van der Waals surface area (Å²) in [5.74, 6) is 0.730. The first-order chi connectivity index (χ1) is 16.5. The van der Waals surface area contributed by atoms with Crippen molar-refractivity contribution >= 4 is 29.7 Å². The summed E-state index contributed by atoms with van der Waals surface area (Å²) in [5, 5.41) is 3.66. The van der Waals surface area contributed by atoms with Gasteiger partial charge in [-0.2, -0.15) is 0 Å². The van der Waals surface area contributed by atoms with Crippen LogP contribution in [0.5, 0.6) is 0 Å². The fraction of sp³-hybridized carbons (Fsp3) is 0.367. The summed E-state index contributed by atoms with van der Waals surface area (Å²) >= 11 is 0. The first-order valence-electron chi connectivity index (χ1n) is 12.6. The molecule has 3 atom stereocenters. The Morgan fingerprint density at radius 2 is 1.69 bits per heavy atom. The van der Waals surface area contributed by atoms with E-state index >= 15 is 0 Å². The number of anilines is 2. The molecule has 3 aromatic carbocycles. The molecule has 2 aliphatic heterocycles. The van der Waals surface area contributed by atoms with Crippen LogP contribution >= 0.6 is 12.4 Å². The average Bonchev–Trinajstić information content (AvgIpc) is 3.24. The number of fused-ring (bicyclic) bond motifs is 1. The molecule has 0 saturated carbocycles. The molecular weight excluding hydrogens is 452 g/mol. The number of nitrogens with zero attached hydrogens (tertiary/aromatic N) is 2. The van der Waals surface area contributed by atoms with Crippen molar-refractivity contribution in [1.82, 2.24) is 4.90 Å². The topological polar surface area (TPSA) is 53.6 Å². The second kappa shape index (κ2) is 10.7. The van der Waals surface area contributed by atoms with Crippen LogP contribution in [-0.4, -0.2) is 22.9 Å². The van der Waals surface area contributed by atoms with Crippen molar-refractivity contribution in [2.45, 2.75) is 71.0 Å². The predicted molar refractivity (Wildman–Crippen MR) is 150 cm³/mol. The molecule has 2 aliphatic rings. The Morgan fingerprint density at radius 3 is 2.43 bits per heavy atom. The third-order valence-corrected chi connectivity index (χ3v) is 7.49. The molecule has 1 saturated heterocycles. The van der Waals surface area contributed by atoms with E-state index in [0.717, 1.165) is 30.9 Å². The summed E-state index contributed by atoms with van der Waals surface area (Å²) in [4.78, 5) is 7.31. The summed E-state index contributed by atoms with van der Waals surface area (Å²) in [6.45, 7) is 6.50. The fourth-order valence-electron chi connectivity index (χ4n) is 5.93. The van der Waals surface area contributed by atoms with E-state index in [9.17, 15) is 0 Å². The molecule has 5 rings (SSSR count). The van der Waals surface area contributed by atoms with Gasteiger partial charge in [-0.1, -0.05) is 60.2 Å². The maximum absolute atomic E-state index is 6.52. The van der Waals surface area contributed by atoms with Gasteiger partial charge in [-0.25, -0.2) is 4.99 Å². The minimum atomic E-state index is 0. The van der Waals surface area contributed by atoms with Crippen LogP contribution < -0.4 is 11.1 Å². The van der Waals surface area contributed by atoms with Gasteiger partial charge in [-0.05, 0) is 87.3 Å². The maximum Gasteiger partial charge on any atom is 0.192 e. The van der Waals surface area contributed by atoms with Crippen molar-refractivity contribution in [2.75, 3.05) is 5.32 Å². The summed E-state index contributed by atoms with van der Waals surface area (Å²) in [6, 6.07) is 25.1. The minimum Gasteiger partial charge on any atom is -0.370 e. The molecule has 5 heteroatoms. The lowest BCUT2D eigenvalue weighted by Gasteiger charge is -2.37. The number of guanidine groups is 1. The third-order valence-electron chi connectivity index (χ3n) is 7.49. The first kappa shape index (κ1) is 25.1. The molecule has 0 aromatic heterocycles. The number of rotatable bonds is 6. The largest absolute Gasteiger partial charge is 0.370 e. The van der Waals surface area contributed by atoms with Gasteiger partial charge < -0.3 is 16.0 Å². The Hall–Kier alpha value is -2.98. The molecule has 35 heavy (non-hydrogen) atoms. The summed E-state index contributed by atoms with van der Waals surface area (Å²) in [5.41, 5.74) is 15.4. The quantitative estimate of drug-likeness (QED) is 0.392. The molecule has 4 nitrogen and oxygen atoms in total. The number of benzene rings is 3. The van der Waals surface area contributed by atoms with Crippen molar-refractivity contribution in [3.05, 3.63) is 94.5 Å². The van der Waals surface area contributed by atoms with Crippen LogP contribution in [0.4, 0.5) is 11.4 Å². The fourth-order valence-corrected chi connectivity index (χ4v) is 5.93. The van der Waals surface area contributed by atoms with Crippen molar-refractivity contribution in [1.29, 1.82) is 0 Å². The average molecular weight is 489 g/mol. The first-order valence-corrected chi connectivity index (χ1v) is 12.6. The zero-order valence-electron chi connectivity index (χ0n) is 21.0. The Morgan fingerprint density at radius 1 is 0.943 bits per heavy atom. The van der Waals surface area contributed by atoms with E-state index in [1.165, 1.54) is 46.3 Å². The lowest BCUT2D eigenvalue weighted by Crippen LogP contribution is -2.48. The van der Waals surface area contributed by atoms with Gasteiger partial charge in [-0.15, -0.1) is 12.4 Å². The van der Waals surface area contributed by atoms with Gasteiger partial charge in [-0.3, -0.25) is 0 Å². The lowest BCUT2D eigenvalue weighted by molar-refractivity contribution is 0.256. The van der Waals surface area contributed by atoms with Gasteiger partial charge in [0.1, 0.15) is 0 Å². The lowest BCUT2D eigenvalue weighted by atomic mass is 9.97. The smallest absolute Gasteiger partial charge is 0.192 e. The Balaban J connectivity index is 0.00000289. The number of nitrogens with one attached hydrogen (secondary N) is 1. The standard InChI is InChI=1S/C30H36N4.ClH/c1-20-16-21(2)29(22(3)17-20)32-25-11-7-8-23(18-25)12-13-26-14-15-27-19-28(33-30(31)34(26)27)24-9-5-4-6-10-24;/h4-11,16-18,26-28,32H,12-15,19H2,1-3H3,(H2,31,33);1H/t26-,27+,28+;/m0./s1. The molecule has 1 fully saturated rings. The van der Waals surface area contributed by atoms with Gasteiger partial charge in [0.15, 0.2) is 5.96 Å². The highest BCUT2D eigenvalue weighted by Gasteiger charge is 2.39. The van der Waals surface area contributed by atoms with Crippen LogP contribution in [0.3, 0.4) is 0 Å². The zero-order chi connectivity index (χ0) is 23.7. The van der Waals surface area contributed by atoms with Gasteiger partial charge in [0.05, 0.1) is 6.04 Å². The van der Waals surface area contributed by atoms with Crippen LogP contribution in [0.2, 0.25) is 0 Å². The molecule has 0 amide bonds. The Labute approximate surface area is 216 Å². The number of halogens is 1. The van der Waals surface area contributed by atoms with Crippen LogP contribution in [0.15, 0.2) is 71.7 Å². The summed E-state index contributed by atoms with van der Waals surface area (Å²) < 4.78 is 0. The Bertz CT molecular complexity index is 1170. The van der Waals surface area contributed by atoms with Crippen molar-refractivity contribution < 1.29 is 0 Å². The van der Waals surface area contributed by atoms with E-state index in [0.29, 0.717) is 12.1 Å². The van der Waals surface area contributed by atoms with Crippen molar-refractivity contribution in [2.24, 2.45) is 10.7 Å². The maximum atomic E-state index is 6.52. The number of hydrogen-bond donors (Lipinski definition) is 2. The van der Waals surface area contributed by atoms with Crippen LogP contribution in [0, 0.1) is 20.8 Å². The molecule has 0 radical (unpaired) electrons. The van der Waals surface area contributed by atoms with Gasteiger partial charge in [0, 0.05) is 23.5 Å². The second-order valence-corrected chi connectivity index (χ2v) is 10.1. The van der Waals surface area contributed by atoms with E-state index in [4.69, 9.17) is 10.7 Å². The van der Waals surface area contributed by atoms with Gasteiger partial charge in [0.25, 0.3) is 0 Å². The van der Waals surface area contributed by atoms with Gasteiger partial charge in [0.2, 0.25) is 0 Å². The molecule has 0 bridgehead atoms. The molecular formula is C30H37ClN4. The van der Waals surface area contributed by atoms with Crippen molar-refractivity contribution in [3.8, 4) is 0 Å². The normalized spacial score (nSPS) is 21.2. The van der Waals surface area contributed by atoms with Crippen LogP contribution in [-0.2, 0) is 6.42 Å². The second-order valence-electron chi connectivity index (χ2n) is 10.1. The van der Waals surface area contributed by atoms with Crippen LogP contribution in [0.1, 0.15) is 59.5 Å². The summed E-state index contributed by atoms with van der Waals surface area (Å²) in [6.07, 6.45) is 5.62. The number of nitrogens with two attached hydrogens (primary N) is 1. The zero-order valence-corrected chi connectivity index (χ0v) is 21.8. The molecule has 0 aliphatic carbocycles. The minimum absolute atomic E-state index is 0. The monoisotopic (exact) mass is 488 g/mol. The third kappa shape index (κ3) is 5.48. The molecule has 184 valence electrons. The van der Waals surface area contributed by atoms with Crippen molar-refractivity contribution in [3.63, 3.8) is 0 Å². The number of aliphatic imine (C=N–C) groups is 1. The van der Waals surface area contributed by atoms with E-state index in [1.807, 2.05) is 0 Å². The highest BCUT2D eigenvalue weighted by molar-refractivity contribution is 5.85. The molecule has 0 unspecified atom stereocenters. The molecule has 3 aromatic rings. The predicted octanol–water partition coefficient (Wildman–Crippen LogP) is 7.00. The highest BCUT2D eigenvalue weighted by atomic mass is 35.5. The van der Waals surface area contributed by atoms with E-state index in [-0.39, 0.29) is 18.4 Å². The Kier molecular flexibility index (Phi) is 7.71. The van der Waals surface area contributed by atoms with Crippen LogP contribution in [0.25, 0.3) is 0 Å². The number of hydrogen-bond acceptors (Lipinski definition) is 4. The van der Waals surface area contributed by atoms with E-state index in [1.54, 1.807) is 0 Å². The molecule has 3 N–H and O–H groups in total. The van der Waals surface area contributed by atoms with Gasteiger partial charge >= 0.3 is 0 Å². The van der Waals surface area contributed by atoms with E-state index < -0.39 is 0 Å². The number of aryl methyl sites for hydroxylation is 4. The van der Waals surface area contributed by atoms with E-state index in [2.05, 4.69) is 97.7 Å². The summed E-state index contributed by atoms with van der Waals surface area (Å²) in [7, 11) is 0. The molecule has 0 spiro atoms. The SMILES string of the molecule is Cc1cc(C)c(Nc2cccc(CC[C@H]3CC[C@@H]4C[C@H](c5ccccc5)N=C(N)N34)c2)c(C)c1.Cl. The molecule has 2 heterocycles.